The van der Waals surface area contributed by atoms with Crippen molar-refractivity contribution in [2.45, 2.75) is 33.2 Å². The number of rotatable bonds is 10. The van der Waals surface area contributed by atoms with Gasteiger partial charge in [0.2, 0.25) is 5.78 Å². The monoisotopic (exact) mass is 538 g/mol. The predicted octanol–water partition coefficient (Wildman–Crippen LogP) is 1.27. The predicted molar refractivity (Wildman–Crippen MR) is 144 cm³/mol. The van der Waals surface area contributed by atoms with E-state index in [1.807, 2.05) is 6.92 Å². The highest BCUT2D eigenvalue weighted by Crippen LogP contribution is 2.41. The van der Waals surface area contributed by atoms with Gasteiger partial charge in [0.25, 0.3) is 5.91 Å². The number of nitrogens with zero attached hydrogens (tertiary/aromatic N) is 1. The van der Waals surface area contributed by atoms with Gasteiger partial charge in [-0.15, -0.1) is 0 Å². The van der Waals surface area contributed by atoms with E-state index in [1.54, 1.807) is 30.3 Å². The van der Waals surface area contributed by atoms with Gasteiger partial charge in [-0.1, -0.05) is 31.7 Å². The van der Waals surface area contributed by atoms with Gasteiger partial charge in [0.15, 0.2) is 11.5 Å². The van der Waals surface area contributed by atoms with Gasteiger partial charge in [-0.2, -0.15) is 0 Å². The molecule has 0 aromatic heterocycles. The first-order chi connectivity index (χ1) is 18.7. The quantitative estimate of drug-likeness (QED) is 0.266. The zero-order valence-corrected chi connectivity index (χ0v) is 23.1. The number of hydrogen-bond acceptors (Lipinski definition) is 7. The molecule has 4 rings (SSSR count). The summed E-state index contributed by atoms with van der Waals surface area (Å²) in [5.74, 6) is -0.834. The molecule has 2 saturated heterocycles. The number of nitrogens with one attached hydrogen (secondary N) is 1. The summed E-state index contributed by atoms with van der Waals surface area (Å²) in [5.41, 5.74) is 1.52. The number of hydrogen-bond donors (Lipinski definition) is 2. The molecule has 2 aliphatic rings. The van der Waals surface area contributed by atoms with Crippen LogP contribution in [0, 0.1) is 12.8 Å². The van der Waals surface area contributed by atoms with Crippen LogP contribution in [0.5, 0.6) is 17.2 Å². The summed E-state index contributed by atoms with van der Waals surface area (Å²) in [6.45, 7) is 10.9. The second kappa shape index (κ2) is 12.5. The van der Waals surface area contributed by atoms with E-state index >= 15 is 0 Å². The van der Waals surface area contributed by atoms with Crippen molar-refractivity contribution >= 4 is 17.4 Å². The van der Waals surface area contributed by atoms with Crippen molar-refractivity contribution in [1.29, 1.82) is 0 Å². The van der Waals surface area contributed by atoms with E-state index in [0.717, 1.165) is 25.2 Å². The largest absolute Gasteiger partial charge is 0.872 e. The zero-order valence-electron chi connectivity index (χ0n) is 23.1. The summed E-state index contributed by atoms with van der Waals surface area (Å²) in [5, 5.41) is 24.0. The lowest BCUT2D eigenvalue weighted by Gasteiger charge is -2.29. The summed E-state index contributed by atoms with van der Waals surface area (Å²) in [7, 11) is 1.42. The second-order valence-corrected chi connectivity index (χ2v) is 10.6. The lowest BCUT2D eigenvalue weighted by molar-refractivity contribution is -0.908. The van der Waals surface area contributed by atoms with Crippen molar-refractivity contribution in [3.63, 3.8) is 0 Å². The standard InChI is InChI=1S/C30H38N2O7/c1-19(2)18-39-24-9-7-22(16-20(24)3)28(34)26-27(21-6-8-23(33)25(17-21)37-4)32(30(36)29(26)35)11-5-10-31-12-14-38-15-13-31/h6-9,16-17,19,27,33-34H,5,10-15,18H2,1-4H3. The molecule has 9 nitrogen and oxygen atoms in total. The van der Waals surface area contributed by atoms with Gasteiger partial charge in [0, 0.05) is 18.5 Å². The Kier molecular flexibility index (Phi) is 9.14. The minimum atomic E-state index is -0.885. The first-order valence-corrected chi connectivity index (χ1v) is 13.5. The van der Waals surface area contributed by atoms with Crippen molar-refractivity contribution in [2.75, 3.05) is 53.1 Å². The van der Waals surface area contributed by atoms with Gasteiger partial charge < -0.3 is 34.2 Å². The Morgan fingerprint density at radius 1 is 1.15 bits per heavy atom. The fourth-order valence-corrected chi connectivity index (χ4v) is 5.09. The molecule has 0 radical (unpaired) electrons. The Bertz CT molecular complexity index is 1230. The van der Waals surface area contributed by atoms with Crippen molar-refractivity contribution in [2.24, 2.45) is 5.92 Å². The van der Waals surface area contributed by atoms with Crippen LogP contribution in [0.15, 0.2) is 42.0 Å². The van der Waals surface area contributed by atoms with Crippen molar-refractivity contribution < 1.29 is 38.9 Å². The van der Waals surface area contributed by atoms with Gasteiger partial charge in [0.1, 0.15) is 18.8 Å². The number of phenols is 1. The molecule has 39 heavy (non-hydrogen) atoms. The number of ketones is 1. The van der Waals surface area contributed by atoms with Crippen molar-refractivity contribution in [3.8, 4) is 17.2 Å². The van der Waals surface area contributed by atoms with E-state index in [0.29, 0.717) is 55.6 Å². The van der Waals surface area contributed by atoms with Crippen molar-refractivity contribution in [1.82, 2.24) is 4.90 Å². The lowest BCUT2D eigenvalue weighted by Crippen LogP contribution is -3.14. The SMILES string of the molecule is COc1cc(C2C(=C([O-])c3ccc(OCC(C)C)c(C)c3)C(=O)C(=O)N2CCC[NH+]2CCOCC2)ccc1O. The van der Waals surface area contributed by atoms with Crippen LogP contribution in [0.25, 0.3) is 5.76 Å². The van der Waals surface area contributed by atoms with Crippen LogP contribution in [-0.4, -0.2) is 74.8 Å². The zero-order chi connectivity index (χ0) is 28.1. The van der Waals surface area contributed by atoms with Crippen LogP contribution in [0.4, 0.5) is 0 Å². The van der Waals surface area contributed by atoms with Gasteiger partial charge in [-0.05, 0) is 53.8 Å². The number of likely N-dealkylation sites (tertiary alicyclic amines) is 1. The average Bonchev–Trinajstić information content (AvgIpc) is 3.17. The van der Waals surface area contributed by atoms with E-state index in [4.69, 9.17) is 14.2 Å². The Morgan fingerprint density at radius 3 is 2.56 bits per heavy atom. The molecule has 0 aliphatic carbocycles. The highest BCUT2D eigenvalue weighted by Gasteiger charge is 2.44. The number of phenolic OH excluding ortho intramolecular Hbond substituents is 1. The molecule has 0 spiro atoms. The third-order valence-electron chi connectivity index (χ3n) is 7.19. The number of morpholine rings is 1. The minimum absolute atomic E-state index is 0.0696. The first kappa shape index (κ1) is 28.4. The summed E-state index contributed by atoms with van der Waals surface area (Å²) < 4.78 is 16.6. The van der Waals surface area contributed by atoms with Crippen LogP contribution in [0.2, 0.25) is 0 Å². The molecule has 0 saturated carbocycles. The third-order valence-corrected chi connectivity index (χ3v) is 7.19. The molecular formula is C30H38N2O7. The molecule has 2 fully saturated rings. The Hall–Kier alpha value is -3.56. The number of aryl methyl sites for hydroxylation is 1. The number of methoxy groups -OCH3 is 1. The molecular weight excluding hydrogens is 500 g/mol. The second-order valence-electron chi connectivity index (χ2n) is 10.6. The molecule has 0 bridgehead atoms. The normalized spacial score (nSPS) is 19.6. The molecule has 2 aromatic carbocycles. The van der Waals surface area contributed by atoms with E-state index in [2.05, 4.69) is 13.8 Å². The highest BCUT2D eigenvalue weighted by atomic mass is 16.5. The average molecular weight is 539 g/mol. The van der Waals surface area contributed by atoms with Gasteiger partial charge in [-0.25, -0.2) is 0 Å². The third kappa shape index (κ3) is 6.37. The van der Waals surface area contributed by atoms with Crippen LogP contribution in [0.3, 0.4) is 0 Å². The number of aromatic hydroxyl groups is 1. The molecule has 9 heteroatoms. The summed E-state index contributed by atoms with van der Waals surface area (Å²) in [4.78, 5) is 29.5. The minimum Gasteiger partial charge on any atom is -0.872 e. The first-order valence-electron chi connectivity index (χ1n) is 13.5. The number of Topliss-reactive ketones (excluding diaryl/α,β-unsaturated/α-hetero) is 1. The van der Waals surface area contributed by atoms with Gasteiger partial charge >= 0.3 is 0 Å². The molecule has 210 valence electrons. The highest BCUT2D eigenvalue weighted by molar-refractivity contribution is 6.46. The van der Waals surface area contributed by atoms with E-state index in [9.17, 15) is 19.8 Å². The van der Waals surface area contributed by atoms with E-state index in [1.165, 1.54) is 23.0 Å². The summed E-state index contributed by atoms with van der Waals surface area (Å²) in [6, 6.07) is 8.82. The van der Waals surface area contributed by atoms with Crippen molar-refractivity contribution in [3.05, 3.63) is 58.7 Å². The molecule has 2 N–H and O–H groups in total. The van der Waals surface area contributed by atoms with E-state index < -0.39 is 23.5 Å². The molecule has 1 atom stereocenters. The Balaban J connectivity index is 1.70. The number of carbonyl (C=O) groups excluding carboxylic acids is 2. The lowest BCUT2D eigenvalue weighted by atomic mass is 9.94. The number of quaternary nitrogens is 1. The fourth-order valence-electron chi connectivity index (χ4n) is 5.09. The van der Waals surface area contributed by atoms with E-state index in [-0.39, 0.29) is 17.1 Å². The maximum atomic E-state index is 13.8. The van der Waals surface area contributed by atoms with Gasteiger partial charge in [-0.3, -0.25) is 9.59 Å². The smallest absolute Gasteiger partial charge is 0.295 e. The molecule has 1 amide bonds. The number of carbonyl (C=O) groups is 2. The number of amides is 1. The Morgan fingerprint density at radius 2 is 1.90 bits per heavy atom. The Labute approximate surface area is 229 Å². The van der Waals surface area contributed by atoms with Gasteiger partial charge in [0.05, 0.1) is 39.5 Å². The molecule has 2 aromatic rings. The summed E-state index contributed by atoms with van der Waals surface area (Å²) >= 11 is 0. The number of ether oxygens (including phenoxy) is 3. The fraction of sp³-hybridized carbons (Fsp3) is 0.467. The topological polar surface area (TPSA) is 113 Å². The van der Waals surface area contributed by atoms with Crippen LogP contribution >= 0.6 is 0 Å². The van der Waals surface area contributed by atoms with Crippen LogP contribution < -0.4 is 19.5 Å². The maximum absolute atomic E-state index is 13.8. The number of benzene rings is 2. The molecule has 2 heterocycles. The maximum Gasteiger partial charge on any atom is 0.295 e. The van der Waals surface area contributed by atoms with Crippen LogP contribution in [0.1, 0.15) is 43.0 Å². The van der Waals surface area contributed by atoms with Crippen LogP contribution in [-0.2, 0) is 14.3 Å². The molecule has 1 unspecified atom stereocenters. The molecule has 2 aliphatic heterocycles. The summed E-state index contributed by atoms with van der Waals surface area (Å²) in [6.07, 6.45) is 0.669.